The molecule has 1 aliphatic rings. The van der Waals surface area contributed by atoms with Crippen LogP contribution < -0.4 is 0 Å². The lowest BCUT2D eigenvalue weighted by Crippen LogP contribution is -2.18. The predicted molar refractivity (Wildman–Crippen MR) is 79.1 cm³/mol. The molecule has 1 aromatic rings. The van der Waals surface area contributed by atoms with E-state index in [1.807, 2.05) is 0 Å². The fourth-order valence-electron chi connectivity index (χ4n) is 2.94. The Labute approximate surface area is 124 Å². The second-order valence-electron chi connectivity index (χ2n) is 5.83. The molecule has 0 amide bonds. The highest BCUT2D eigenvalue weighted by Crippen LogP contribution is 2.37. The van der Waals surface area contributed by atoms with Gasteiger partial charge in [-0.25, -0.2) is 0 Å². The lowest BCUT2D eigenvalue weighted by atomic mass is 9.99. The average molecular weight is 297 g/mol. The van der Waals surface area contributed by atoms with Crippen molar-refractivity contribution in [2.75, 3.05) is 5.75 Å². The van der Waals surface area contributed by atoms with Gasteiger partial charge in [0.2, 0.25) is 0 Å². The van der Waals surface area contributed by atoms with E-state index in [1.165, 1.54) is 37.4 Å². The van der Waals surface area contributed by atoms with Crippen LogP contribution in [0, 0.1) is 5.92 Å². The molecule has 0 spiro atoms. The number of nitrogens with zero attached hydrogens (tertiary/aromatic N) is 3. The predicted octanol–water partition coefficient (Wildman–Crippen LogP) is 3.33. The molecule has 112 valence electrons. The van der Waals surface area contributed by atoms with Gasteiger partial charge in [0.05, 0.1) is 5.75 Å². The molecular formula is C14H23N3O2S. The minimum atomic E-state index is -0.816. The van der Waals surface area contributed by atoms with E-state index in [2.05, 4.69) is 35.5 Å². The maximum Gasteiger partial charge on any atom is 0.313 e. The number of aromatic nitrogens is 3. The Morgan fingerprint density at radius 2 is 2.00 bits per heavy atom. The van der Waals surface area contributed by atoms with Crippen molar-refractivity contribution >= 4 is 17.7 Å². The molecule has 1 saturated carbocycles. The van der Waals surface area contributed by atoms with E-state index in [1.54, 1.807) is 0 Å². The number of thioether (sulfide) groups is 1. The average Bonchev–Trinajstić information content (AvgIpc) is 3.04. The zero-order valence-corrected chi connectivity index (χ0v) is 13.2. The Balaban J connectivity index is 2.25. The van der Waals surface area contributed by atoms with E-state index >= 15 is 0 Å². The van der Waals surface area contributed by atoms with Crippen LogP contribution in [0.3, 0.4) is 0 Å². The quantitative estimate of drug-likeness (QED) is 0.816. The van der Waals surface area contributed by atoms with Crippen molar-refractivity contribution in [1.82, 2.24) is 14.8 Å². The number of rotatable bonds is 6. The van der Waals surface area contributed by atoms with Gasteiger partial charge in [-0.1, -0.05) is 38.5 Å². The topological polar surface area (TPSA) is 68.0 Å². The highest BCUT2D eigenvalue weighted by molar-refractivity contribution is 7.99. The van der Waals surface area contributed by atoms with Gasteiger partial charge >= 0.3 is 5.97 Å². The van der Waals surface area contributed by atoms with E-state index in [0.717, 1.165) is 11.0 Å². The van der Waals surface area contributed by atoms with Crippen molar-refractivity contribution in [2.45, 2.75) is 63.6 Å². The molecule has 6 heteroatoms. The van der Waals surface area contributed by atoms with Gasteiger partial charge in [-0.05, 0) is 25.7 Å². The van der Waals surface area contributed by atoms with Crippen LogP contribution >= 0.6 is 11.8 Å². The standard InChI is InChI=1S/C14H23N3O2S/c1-9(2)13-15-16-14(20-8-12(18)19)17(13)10(3)11-6-4-5-7-11/h9-11H,4-8H2,1-3H3,(H,18,19). The highest BCUT2D eigenvalue weighted by atomic mass is 32.2. The summed E-state index contributed by atoms with van der Waals surface area (Å²) in [5.41, 5.74) is 0. The second-order valence-corrected chi connectivity index (χ2v) is 6.78. The Bertz CT molecular complexity index is 467. The van der Waals surface area contributed by atoms with Crippen LogP contribution in [-0.4, -0.2) is 31.6 Å². The molecule has 2 rings (SSSR count). The van der Waals surface area contributed by atoms with Crippen LogP contribution in [-0.2, 0) is 4.79 Å². The van der Waals surface area contributed by atoms with E-state index < -0.39 is 5.97 Å². The number of hydrogen-bond acceptors (Lipinski definition) is 4. The van der Waals surface area contributed by atoms with E-state index in [9.17, 15) is 4.79 Å². The van der Waals surface area contributed by atoms with Gasteiger partial charge in [-0.15, -0.1) is 10.2 Å². The summed E-state index contributed by atoms with van der Waals surface area (Å²) in [6.07, 6.45) is 5.09. The first kappa shape index (κ1) is 15.4. The van der Waals surface area contributed by atoms with Crippen molar-refractivity contribution in [3.63, 3.8) is 0 Å². The Kier molecular flexibility index (Phi) is 5.07. The molecule has 1 aliphatic carbocycles. The number of carboxylic acid groups (broad SMARTS) is 1. The van der Waals surface area contributed by atoms with Crippen LogP contribution in [0.15, 0.2) is 5.16 Å². The fourth-order valence-corrected chi connectivity index (χ4v) is 3.69. The molecule has 0 aliphatic heterocycles. The van der Waals surface area contributed by atoms with Gasteiger partial charge in [0, 0.05) is 12.0 Å². The summed E-state index contributed by atoms with van der Waals surface area (Å²) in [7, 11) is 0. The number of carbonyl (C=O) groups is 1. The van der Waals surface area contributed by atoms with Gasteiger partial charge in [-0.2, -0.15) is 0 Å². The molecule has 1 heterocycles. The third-order valence-electron chi connectivity index (χ3n) is 4.02. The summed E-state index contributed by atoms with van der Waals surface area (Å²) >= 11 is 1.27. The number of hydrogen-bond donors (Lipinski definition) is 1. The molecule has 1 aromatic heterocycles. The maximum atomic E-state index is 10.8. The van der Waals surface area contributed by atoms with Gasteiger partial charge in [0.15, 0.2) is 5.16 Å². The summed E-state index contributed by atoms with van der Waals surface area (Å²) < 4.78 is 2.17. The minimum absolute atomic E-state index is 0.0353. The lowest BCUT2D eigenvalue weighted by molar-refractivity contribution is -0.133. The Morgan fingerprint density at radius 3 is 2.55 bits per heavy atom. The van der Waals surface area contributed by atoms with Crippen molar-refractivity contribution in [2.24, 2.45) is 5.92 Å². The lowest BCUT2D eigenvalue weighted by Gasteiger charge is -2.24. The van der Waals surface area contributed by atoms with Crippen molar-refractivity contribution in [1.29, 1.82) is 0 Å². The van der Waals surface area contributed by atoms with Crippen molar-refractivity contribution in [3.8, 4) is 0 Å². The third kappa shape index (κ3) is 3.34. The fraction of sp³-hybridized carbons (Fsp3) is 0.786. The van der Waals surface area contributed by atoms with Crippen LogP contribution in [0.4, 0.5) is 0 Å². The Hall–Kier alpha value is -1.04. The second kappa shape index (κ2) is 6.61. The smallest absolute Gasteiger partial charge is 0.313 e. The molecule has 1 unspecified atom stereocenters. The molecule has 1 fully saturated rings. The SMILES string of the molecule is CC(C)c1nnc(SCC(=O)O)n1C(C)C1CCCC1. The molecule has 5 nitrogen and oxygen atoms in total. The van der Waals surface area contributed by atoms with Gasteiger partial charge in [-0.3, -0.25) is 4.79 Å². The summed E-state index contributed by atoms with van der Waals surface area (Å²) in [4.78, 5) is 10.8. The van der Waals surface area contributed by atoms with E-state index in [-0.39, 0.29) is 5.75 Å². The third-order valence-corrected chi connectivity index (χ3v) is 4.95. The molecular weight excluding hydrogens is 274 g/mol. The van der Waals surface area contributed by atoms with Crippen LogP contribution in [0.2, 0.25) is 0 Å². The molecule has 0 radical (unpaired) electrons. The van der Waals surface area contributed by atoms with Crippen LogP contribution in [0.1, 0.15) is 64.2 Å². The number of aliphatic carboxylic acids is 1. The van der Waals surface area contributed by atoms with Gasteiger partial charge in [0.1, 0.15) is 5.82 Å². The van der Waals surface area contributed by atoms with Gasteiger partial charge in [0.25, 0.3) is 0 Å². The van der Waals surface area contributed by atoms with Crippen LogP contribution in [0.5, 0.6) is 0 Å². The van der Waals surface area contributed by atoms with Crippen molar-refractivity contribution in [3.05, 3.63) is 5.82 Å². The van der Waals surface area contributed by atoms with E-state index in [0.29, 0.717) is 17.9 Å². The van der Waals surface area contributed by atoms with E-state index in [4.69, 9.17) is 5.11 Å². The largest absolute Gasteiger partial charge is 0.481 e. The molecule has 1 N–H and O–H groups in total. The molecule has 0 aromatic carbocycles. The Morgan fingerprint density at radius 1 is 1.35 bits per heavy atom. The highest BCUT2D eigenvalue weighted by Gasteiger charge is 2.28. The zero-order chi connectivity index (χ0) is 14.7. The molecule has 1 atom stereocenters. The van der Waals surface area contributed by atoms with Crippen molar-refractivity contribution < 1.29 is 9.90 Å². The normalized spacial score (nSPS) is 17.8. The monoisotopic (exact) mass is 297 g/mol. The summed E-state index contributed by atoms with van der Waals surface area (Å²) in [6, 6.07) is 0.348. The molecule has 0 saturated heterocycles. The summed E-state index contributed by atoms with van der Waals surface area (Å²) in [5.74, 6) is 1.15. The number of carboxylic acids is 1. The first-order valence-electron chi connectivity index (χ1n) is 7.30. The molecule has 0 bridgehead atoms. The van der Waals surface area contributed by atoms with Crippen LogP contribution in [0.25, 0.3) is 0 Å². The van der Waals surface area contributed by atoms with Gasteiger partial charge < -0.3 is 9.67 Å². The minimum Gasteiger partial charge on any atom is -0.481 e. The summed E-state index contributed by atoms with van der Waals surface area (Å²) in [6.45, 7) is 6.43. The molecule has 20 heavy (non-hydrogen) atoms. The first-order valence-corrected chi connectivity index (χ1v) is 8.28. The first-order chi connectivity index (χ1) is 9.50. The zero-order valence-electron chi connectivity index (χ0n) is 12.4. The maximum absolute atomic E-state index is 10.8. The summed E-state index contributed by atoms with van der Waals surface area (Å²) in [5, 5.41) is 18.1.